The first-order valence-electron chi connectivity index (χ1n) is 9.75. The summed E-state index contributed by atoms with van der Waals surface area (Å²) in [5.74, 6) is -1.99. The van der Waals surface area contributed by atoms with Crippen molar-refractivity contribution in [3.05, 3.63) is 16.0 Å². The van der Waals surface area contributed by atoms with Crippen molar-refractivity contribution in [3.8, 4) is 0 Å². The lowest BCUT2D eigenvalue weighted by molar-refractivity contribution is -0.147. The van der Waals surface area contributed by atoms with Gasteiger partial charge in [-0.25, -0.2) is 4.79 Å². The summed E-state index contributed by atoms with van der Waals surface area (Å²) in [5, 5.41) is 3.31. The maximum Gasteiger partial charge on any atom is 0.341 e. The molecular weight excluding hydrogens is 378 g/mol. The van der Waals surface area contributed by atoms with Crippen molar-refractivity contribution >= 4 is 39.8 Å². The number of esters is 1. The number of carbonyl (C=O) groups excluding carboxylic acids is 4. The zero-order chi connectivity index (χ0) is 20.5. The number of carbonyl (C=O) groups is 4. The van der Waals surface area contributed by atoms with Gasteiger partial charge in [-0.15, -0.1) is 11.3 Å². The number of Topliss-reactive ketones (excluding diaryl/α,β-unsaturated/α-hetero) is 2. The predicted octanol–water partition coefficient (Wildman–Crippen LogP) is 3.32. The number of fused-ring (bicyclic) bond motifs is 3. The van der Waals surface area contributed by atoms with Gasteiger partial charge in [0.1, 0.15) is 10.4 Å². The minimum absolute atomic E-state index is 0.353. The van der Waals surface area contributed by atoms with Crippen LogP contribution in [0, 0.1) is 16.2 Å². The number of rotatable bonds is 3. The highest BCUT2D eigenvalue weighted by Gasteiger charge is 2.77. The summed E-state index contributed by atoms with van der Waals surface area (Å²) in [6.07, 6.45) is 4.55. The molecule has 0 radical (unpaired) electrons. The van der Waals surface area contributed by atoms with E-state index in [4.69, 9.17) is 4.74 Å². The fourth-order valence-electron chi connectivity index (χ4n) is 5.45. The molecule has 1 heterocycles. The van der Waals surface area contributed by atoms with Crippen molar-refractivity contribution in [1.82, 2.24) is 0 Å². The van der Waals surface area contributed by atoms with E-state index in [1.54, 1.807) is 6.92 Å². The molecule has 3 aliphatic rings. The predicted molar refractivity (Wildman–Crippen MR) is 104 cm³/mol. The smallest absolute Gasteiger partial charge is 0.341 e. The summed E-state index contributed by atoms with van der Waals surface area (Å²) in [6.45, 7) is 5.46. The van der Waals surface area contributed by atoms with E-state index in [1.807, 2.05) is 13.8 Å². The first-order valence-corrected chi connectivity index (χ1v) is 10.6. The molecule has 4 rings (SSSR count). The number of nitrogens with one attached hydrogen (secondary N) is 1. The molecule has 1 N–H and O–H groups in total. The zero-order valence-electron chi connectivity index (χ0n) is 16.7. The third kappa shape index (κ3) is 2.08. The number of thiophene rings is 1. The van der Waals surface area contributed by atoms with Crippen molar-refractivity contribution < 1.29 is 23.9 Å². The third-order valence-electron chi connectivity index (χ3n) is 7.72. The van der Waals surface area contributed by atoms with Crippen LogP contribution >= 0.6 is 11.3 Å². The molecular formula is C21H25NO5S. The second-order valence-corrected chi connectivity index (χ2v) is 9.99. The molecule has 1 aromatic heterocycles. The average Bonchev–Trinajstić information content (AvgIpc) is 3.16. The van der Waals surface area contributed by atoms with Crippen LogP contribution in [0.5, 0.6) is 0 Å². The van der Waals surface area contributed by atoms with Crippen LogP contribution in [0.15, 0.2) is 0 Å². The Hall–Kier alpha value is -2.02. The lowest BCUT2D eigenvalue weighted by Crippen LogP contribution is -2.47. The second-order valence-electron chi connectivity index (χ2n) is 8.88. The van der Waals surface area contributed by atoms with Gasteiger partial charge in [0.25, 0.3) is 0 Å². The van der Waals surface area contributed by atoms with E-state index in [9.17, 15) is 19.2 Å². The molecule has 28 heavy (non-hydrogen) atoms. The summed E-state index contributed by atoms with van der Waals surface area (Å²) in [5.41, 5.74) is -1.62. The molecule has 150 valence electrons. The molecule has 7 heteroatoms. The molecule has 2 bridgehead atoms. The van der Waals surface area contributed by atoms with Crippen LogP contribution in [0.2, 0.25) is 0 Å². The molecule has 3 aliphatic carbocycles. The van der Waals surface area contributed by atoms with Gasteiger partial charge in [-0.05, 0) is 49.5 Å². The highest BCUT2D eigenvalue weighted by atomic mass is 32.1. The molecule has 2 fully saturated rings. The second kappa shape index (κ2) is 5.99. The normalized spacial score (nSPS) is 30.3. The molecule has 1 aromatic rings. The Morgan fingerprint density at radius 1 is 1.04 bits per heavy atom. The first-order chi connectivity index (χ1) is 13.1. The van der Waals surface area contributed by atoms with Crippen LogP contribution in [-0.2, 0) is 32.0 Å². The molecule has 2 atom stereocenters. The van der Waals surface area contributed by atoms with Gasteiger partial charge >= 0.3 is 5.97 Å². The molecule has 2 saturated carbocycles. The molecule has 0 saturated heterocycles. The third-order valence-corrected chi connectivity index (χ3v) is 8.92. The Balaban J connectivity index is 1.76. The summed E-state index contributed by atoms with van der Waals surface area (Å²) in [4.78, 5) is 52.5. The van der Waals surface area contributed by atoms with Crippen molar-refractivity contribution in [2.24, 2.45) is 16.2 Å². The maximum atomic E-state index is 13.5. The Kier molecular flexibility index (Phi) is 4.13. The van der Waals surface area contributed by atoms with Crippen LogP contribution < -0.4 is 5.32 Å². The molecule has 0 aliphatic heterocycles. The van der Waals surface area contributed by atoms with Crippen LogP contribution in [-0.4, -0.2) is 30.6 Å². The Labute approximate surface area is 168 Å². The number of aryl methyl sites for hydroxylation is 1. The largest absolute Gasteiger partial charge is 0.465 e. The molecule has 0 aromatic carbocycles. The fraction of sp³-hybridized carbons (Fsp3) is 0.619. The first kappa shape index (κ1) is 19.3. The van der Waals surface area contributed by atoms with Gasteiger partial charge in [0.05, 0.1) is 12.7 Å². The van der Waals surface area contributed by atoms with E-state index in [-0.39, 0.29) is 0 Å². The highest BCUT2D eigenvalue weighted by molar-refractivity contribution is 7.17. The van der Waals surface area contributed by atoms with E-state index < -0.39 is 39.7 Å². The zero-order valence-corrected chi connectivity index (χ0v) is 17.5. The number of ether oxygens (including phenoxy) is 1. The van der Waals surface area contributed by atoms with Gasteiger partial charge in [0, 0.05) is 10.3 Å². The van der Waals surface area contributed by atoms with E-state index in [0.29, 0.717) is 23.4 Å². The number of hydrogen-bond acceptors (Lipinski definition) is 6. The van der Waals surface area contributed by atoms with Crippen molar-refractivity contribution in [3.63, 3.8) is 0 Å². The average molecular weight is 404 g/mol. The lowest BCUT2D eigenvalue weighted by Gasteiger charge is -2.37. The van der Waals surface area contributed by atoms with Crippen molar-refractivity contribution in [1.29, 1.82) is 0 Å². The monoisotopic (exact) mass is 403 g/mol. The van der Waals surface area contributed by atoms with Crippen molar-refractivity contribution in [2.75, 3.05) is 12.4 Å². The quantitative estimate of drug-likeness (QED) is 0.475. The Morgan fingerprint density at radius 2 is 1.71 bits per heavy atom. The van der Waals surface area contributed by atoms with Gasteiger partial charge < -0.3 is 10.1 Å². The Bertz CT molecular complexity index is 929. The lowest BCUT2D eigenvalue weighted by atomic mass is 9.64. The topological polar surface area (TPSA) is 89.5 Å². The summed E-state index contributed by atoms with van der Waals surface area (Å²) in [7, 11) is 1.32. The highest BCUT2D eigenvalue weighted by Crippen LogP contribution is 2.69. The maximum absolute atomic E-state index is 13.5. The van der Waals surface area contributed by atoms with Crippen molar-refractivity contribution in [2.45, 2.75) is 59.3 Å². The van der Waals surface area contributed by atoms with E-state index in [0.717, 1.165) is 36.1 Å². The SMILES string of the molecule is COC(=O)c1c(NC(=O)[C@@]23CC[C@](C)(C(=O)C2=O)C3(C)C)sc2c1CCCC2. The summed E-state index contributed by atoms with van der Waals surface area (Å²) >= 11 is 1.39. The van der Waals surface area contributed by atoms with Crippen LogP contribution in [0.1, 0.15) is 67.3 Å². The minimum Gasteiger partial charge on any atom is -0.465 e. The number of amides is 1. The van der Waals surface area contributed by atoms with Gasteiger partial charge in [0.15, 0.2) is 0 Å². The summed E-state index contributed by atoms with van der Waals surface area (Å²) < 4.78 is 4.96. The molecule has 0 unspecified atom stereocenters. The number of hydrogen-bond donors (Lipinski definition) is 1. The van der Waals surface area contributed by atoms with Gasteiger partial charge in [-0.2, -0.15) is 0 Å². The van der Waals surface area contributed by atoms with Crippen LogP contribution in [0.4, 0.5) is 5.00 Å². The van der Waals surface area contributed by atoms with E-state index in [1.165, 1.54) is 18.4 Å². The number of ketones is 2. The number of methoxy groups -OCH3 is 1. The van der Waals surface area contributed by atoms with Gasteiger partial charge in [-0.3, -0.25) is 14.4 Å². The summed E-state index contributed by atoms with van der Waals surface area (Å²) in [6, 6.07) is 0. The van der Waals surface area contributed by atoms with Crippen LogP contribution in [0.25, 0.3) is 0 Å². The van der Waals surface area contributed by atoms with E-state index in [2.05, 4.69) is 5.32 Å². The fourth-order valence-corrected chi connectivity index (χ4v) is 6.73. The molecule has 1 amide bonds. The van der Waals surface area contributed by atoms with Crippen LogP contribution in [0.3, 0.4) is 0 Å². The van der Waals surface area contributed by atoms with E-state index >= 15 is 0 Å². The standard InChI is InChI=1S/C21H25NO5S/c1-19(2)20(3)9-10-21(19,15(24)14(20)23)18(26)22-16-13(17(25)27-4)11-7-5-6-8-12(11)28-16/h5-10H2,1-4H3,(H,22,26)/t20-,21-/m1/s1. The minimum atomic E-state index is -1.38. The van der Waals surface area contributed by atoms with Gasteiger partial charge in [0.2, 0.25) is 17.5 Å². The Morgan fingerprint density at radius 3 is 2.32 bits per heavy atom. The molecule has 0 spiro atoms. The number of anilines is 1. The van der Waals surface area contributed by atoms with Gasteiger partial charge in [-0.1, -0.05) is 20.8 Å². The molecule has 6 nitrogen and oxygen atoms in total.